The number of anilines is 3. The number of nitrogens with zero attached hydrogens (tertiary/aromatic N) is 4. The molecule has 0 aliphatic carbocycles. The van der Waals surface area contributed by atoms with Crippen LogP contribution in [0.4, 0.5) is 22.7 Å². The number of rotatable bonds is 9. The van der Waals surface area contributed by atoms with Crippen LogP contribution in [0.5, 0.6) is 5.75 Å². The summed E-state index contributed by atoms with van der Waals surface area (Å²) >= 11 is 2.36. The van der Waals surface area contributed by atoms with Crippen molar-refractivity contribution in [2.75, 3.05) is 27.8 Å². The topological polar surface area (TPSA) is 96.2 Å². The standard InChI is InChI=1S/C27H39N2.C17H12N2O5.ClH.Ru/c1-18(2)22-11-9-12-23(19(3)4)26(22)28-15-16-29(17-28)27-24(20(5)6)13-10-14-25(27)21(7)8;1-10-4-3-5-14-15(10)24-11(2)16(20)18(14)17(21)12-6-8-13(9-7-12)19(22)23;;/h9-14,17-21H,15-16H2,1-8H3;1,3-9,11H,2H3;1H;/q-1;;;+1/p-1. The quantitative estimate of drug-likeness (QED) is 0.0597. The zero-order valence-electron chi connectivity index (χ0n) is 33.0. The summed E-state index contributed by atoms with van der Waals surface area (Å²) in [5.41, 5.74) is 9.82. The summed E-state index contributed by atoms with van der Waals surface area (Å²) in [5, 5.41) is 10.7. The zero-order chi connectivity index (χ0) is 39.4. The van der Waals surface area contributed by atoms with Crippen molar-refractivity contribution in [1.82, 2.24) is 0 Å². The van der Waals surface area contributed by atoms with Crippen LogP contribution in [0.3, 0.4) is 0 Å². The molecule has 0 N–H and O–H groups in total. The molecule has 1 fully saturated rings. The number of nitro benzene ring substituents is 1. The number of benzene rings is 4. The van der Waals surface area contributed by atoms with Gasteiger partial charge < -0.3 is 22.2 Å². The SMILES string of the molecule is CC(C)c1cccc(C(C)C)c1N1[CH-]N(c2c(C(C)C)cccc2C(C)C)CC1.CC1Oc2c([CH]=[Ru+])cccc2N(C(=O)c2ccc([N+](=O)[O-])cc2)C1=O.[Cl-]. The van der Waals surface area contributed by atoms with Gasteiger partial charge in [0.05, 0.1) is 0 Å². The molecule has 0 spiro atoms. The molecule has 0 radical (unpaired) electrons. The molecule has 1 atom stereocenters. The van der Waals surface area contributed by atoms with Gasteiger partial charge in [-0.05, 0) is 45.9 Å². The van der Waals surface area contributed by atoms with E-state index < -0.39 is 22.8 Å². The number of halogens is 1. The van der Waals surface area contributed by atoms with Gasteiger partial charge in [0.1, 0.15) is 0 Å². The minimum atomic E-state index is -0.817. The van der Waals surface area contributed by atoms with E-state index in [4.69, 9.17) is 4.74 Å². The Kier molecular flexibility index (Phi) is 14.6. The second-order valence-corrected chi connectivity index (χ2v) is 15.5. The van der Waals surface area contributed by atoms with E-state index in [9.17, 15) is 19.7 Å². The van der Waals surface area contributed by atoms with Crippen molar-refractivity contribution in [3.05, 3.63) is 129 Å². The van der Waals surface area contributed by atoms with Gasteiger partial charge in [-0.2, -0.15) is 6.67 Å². The largest absolute Gasteiger partial charge is 1.00 e. The molecule has 2 amide bonds. The Balaban J connectivity index is 0.000000243. The summed E-state index contributed by atoms with van der Waals surface area (Å²) in [6.45, 7) is 24.5. The van der Waals surface area contributed by atoms with Gasteiger partial charge in [-0.3, -0.25) is 0 Å². The van der Waals surface area contributed by atoms with Crippen LogP contribution in [0.1, 0.15) is 124 Å². The first kappa shape index (κ1) is 43.3. The van der Waals surface area contributed by atoms with E-state index in [1.54, 1.807) is 23.7 Å². The van der Waals surface area contributed by atoms with Crippen LogP contribution in [-0.2, 0) is 22.6 Å². The molecule has 55 heavy (non-hydrogen) atoms. The van der Waals surface area contributed by atoms with Crippen LogP contribution in [0.25, 0.3) is 0 Å². The Morgan fingerprint density at radius 2 is 1.22 bits per heavy atom. The third-order valence-electron chi connectivity index (χ3n) is 9.89. The van der Waals surface area contributed by atoms with Crippen molar-refractivity contribution >= 4 is 39.2 Å². The molecule has 0 bridgehead atoms. The smallest absolute Gasteiger partial charge is 1.00 e. The second-order valence-electron chi connectivity index (χ2n) is 15.0. The van der Waals surface area contributed by atoms with Crippen molar-refractivity contribution in [3.8, 4) is 5.75 Å². The van der Waals surface area contributed by atoms with Crippen LogP contribution >= 0.6 is 0 Å². The van der Waals surface area contributed by atoms with Crippen molar-refractivity contribution < 1.29 is 49.5 Å². The maximum atomic E-state index is 12.9. The summed E-state index contributed by atoms with van der Waals surface area (Å²) in [5.74, 6) is 1.46. The van der Waals surface area contributed by atoms with E-state index in [0.29, 0.717) is 35.1 Å². The summed E-state index contributed by atoms with van der Waals surface area (Å²) < 4.78 is 7.42. The van der Waals surface area contributed by atoms with E-state index in [1.807, 2.05) is 6.07 Å². The first-order valence-electron chi connectivity index (χ1n) is 18.6. The third kappa shape index (κ3) is 9.19. The Bertz CT molecular complexity index is 1910. The first-order chi connectivity index (χ1) is 25.7. The molecule has 9 nitrogen and oxygen atoms in total. The van der Waals surface area contributed by atoms with Crippen molar-refractivity contribution in [1.29, 1.82) is 0 Å². The Morgan fingerprint density at radius 1 is 0.782 bits per heavy atom. The third-order valence-corrected chi connectivity index (χ3v) is 10.4. The number of carbonyl (C=O) groups excluding carboxylic acids is 2. The summed E-state index contributed by atoms with van der Waals surface area (Å²) in [4.78, 5) is 41.7. The number of nitro groups is 1. The molecule has 0 aromatic heterocycles. The van der Waals surface area contributed by atoms with Crippen molar-refractivity contribution in [3.63, 3.8) is 0 Å². The minimum Gasteiger partial charge on any atom is -1.00 e. The number of hydrogen-bond acceptors (Lipinski definition) is 7. The van der Waals surface area contributed by atoms with Gasteiger partial charge in [-0.15, -0.1) is 0 Å². The van der Waals surface area contributed by atoms with Crippen LogP contribution in [-0.4, -0.2) is 40.5 Å². The summed E-state index contributed by atoms with van der Waals surface area (Å²) in [6, 6.07) is 24.0. The Labute approximate surface area is 341 Å². The number of para-hydroxylation sites is 3. The fourth-order valence-corrected chi connectivity index (χ4v) is 7.44. The van der Waals surface area contributed by atoms with E-state index in [2.05, 4.69) is 126 Å². The maximum Gasteiger partial charge on any atom is -1.00 e. The van der Waals surface area contributed by atoms with Gasteiger partial charge in [-0.25, -0.2) is 0 Å². The molecule has 4 aromatic rings. The monoisotopic (exact) mass is 852 g/mol. The molecule has 11 heteroatoms. The van der Waals surface area contributed by atoms with E-state index in [1.165, 1.54) is 57.9 Å². The predicted octanol–water partition coefficient (Wildman–Crippen LogP) is 6.88. The maximum absolute atomic E-state index is 12.9. The Hall–Kier alpha value is -4.40. The van der Waals surface area contributed by atoms with Crippen LogP contribution in [0.15, 0.2) is 78.9 Å². The van der Waals surface area contributed by atoms with Crippen LogP contribution in [0.2, 0.25) is 0 Å². The van der Waals surface area contributed by atoms with E-state index >= 15 is 0 Å². The number of ether oxygens (including phenoxy) is 1. The Morgan fingerprint density at radius 3 is 1.62 bits per heavy atom. The van der Waals surface area contributed by atoms with Crippen molar-refractivity contribution in [2.45, 2.75) is 92.1 Å². The summed E-state index contributed by atoms with van der Waals surface area (Å²) in [7, 11) is 0. The molecule has 6 rings (SSSR count). The molecule has 1 saturated heterocycles. The molecule has 2 aliphatic heterocycles. The minimum absolute atomic E-state index is 0. The van der Waals surface area contributed by atoms with Gasteiger partial charge in [0.15, 0.2) is 0 Å². The first-order valence-corrected chi connectivity index (χ1v) is 19.6. The van der Waals surface area contributed by atoms with Gasteiger partial charge >= 0.3 is 152 Å². The van der Waals surface area contributed by atoms with Gasteiger partial charge in [0.25, 0.3) is 0 Å². The molecule has 293 valence electrons. The second kappa shape index (κ2) is 18.5. The predicted molar refractivity (Wildman–Crippen MR) is 215 cm³/mol. The fourth-order valence-electron chi connectivity index (χ4n) is 7.04. The molecule has 1 unspecified atom stereocenters. The van der Waals surface area contributed by atoms with E-state index in [0.717, 1.165) is 23.6 Å². The van der Waals surface area contributed by atoms with Crippen LogP contribution < -0.4 is 31.8 Å². The average molecular weight is 852 g/mol. The molecule has 2 heterocycles. The average Bonchev–Trinajstić information content (AvgIpc) is 3.64. The van der Waals surface area contributed by atoms with Gasteiger partial charge in [0, 0.05) is 24.5 Å². The number of imide groups is 1. The zero-order valence-corrected chi connectivity index (χ0v) is 35.5. The summed E-state index contributed by atoms with van der Waals surface area (Å²) in [6.07, 6.45) is -0.817. The molecular formula is C44H51ClN4O5Ru-. The molecule has 2 aliphatic rings. The molecule has 4 aromatic carbocycles. The number of amides is 2. The fraction of sp³-hybridized carbons (Fsp3) is 0.364. The number of non-ortho nitro benzene ring substituents is 1. The number of fused-ring (bicyclic) bond motifs is 1. The van der Waals surface area contributed by atoms with Gasteiger partial charge in [-0.1, -0.05) is 91.8 Å². The van der Waals surface area contributed by atoms with Gasteiger partial charge in [0.2, 0.25) is 0 Å². The van der Waals surface area contributed by atoms with Crippen LogP contribution in [0, 0.1) is 16.8 Å². The molecule has 0 saturated carbocycles. The molecular weight excluding hydrogens is 801 g/mol. The van der Waals surface area contributed by atoms with Crippen molar-refractivity contribution in [2.24, 2.45) is 0 Å². The number of hydrogen-bond donors (Lipinski definition) is 0. The number of carbonyl (C=O) groups is 2. The van der Waals surface area contributed by atoms with E-state index in [-0.39, 0.29) is 23.7 Å². The normalized spacial score (nSPS) is 15.1.